The Labute approximate surface area is 200 Å². The van der Waals surface area contributed by atoms with Gasteiger partial charge in [-0.15, -0.1) is 0 Å². The molecule has 3 fully saturated rings. The number of fused-ring (bicyclic) bond motifs is 4. The number of aliphatic hydroxyl groups is 1. The van der Waals surface area contributed by atoms with Crippen LogP contribution in [0.2, 0.25) is 0 Å². The molecule has 0 spiro atoms. The average molecular weight is 474 g/mol. The summed E-state index contributed by atoms with van der Waals surface area (Å²) < 4.78 is 17.6. The van der Waals surface area contributed by atoms with Crippen LogP contribution in [-0.2, 0) is 14.3 Å². The minimum absolute atomic E-state index is 0.0497. The van der Waals surface area contributed by atoms with E-state index in [9.17, 15) is 14.7 Å². The van der Waals surface area contributed by atoms with Crippen molar-refractivity contribution in [2.75, 3.05) is 46.0 Å². The van der Waals surface area contributed by atoms with E-state index in [0.717, 1.165) is 39.0 Å². The van der Waals surface area contributed by atoms with Gasteiger partial charge in [-0.3, -0.25) is 14.5 Å². The Morgan fingerprint density at radius 1 is 0.971 bits per heavy atom. The molecule has 0 aromatic heterocycles. The number of rotatable bonds is 1. The Hall–Kier alpha value is -2.20. The van der Waals surface area contributed by atoms with Crippen LogP contribution in [0.4, 0.5) is 0 Å². The van der Waals surface area contributed by atoms with Crippen molar-refractivity contribution in [2.24, 2.45) is 0 Å². The fourth-order valence-electron chi connectivity index (χ4n) is 5.54. The van der Waals surface area contributed by atoms with Gasteiger partial charge in [0.2, 0.25) is 5.91 Å². The second-order valence-corrected chi connectivity index (χ2v) is 9.67. The smallest absolute Gasteiger partial charge is 0.258 e. The van der Waals surface area contributed by atoms with Crippen LogP contribution < -0.4 is 10.1 Å². The van der Waals surface area contributed by atoms with Crippen molar-refractivity contribution in [1.82, 2.24) is 15.1 Å². The number of carbonyl (C=O) groups excluding carboxylic acids is 2. The third-order valence-corrected chi connectivity index (χ3v) is 7.56. The van der Waals surface area contributed by atoms with E-state index in [1.54, 1.807) is 17.0 Å². The summed E-state index contributed by atoms with van der Waals surface area (Å²) in [6.45, 7) is 3.76. The second-order valence-electron chi connectivity index (χ2n) is 9.67. The fourth-order valence-corrected chi connectivity index (χ4v) is 5.54. The standard InChI is InChI=1S/C25H35N3O6/c29-21-6-5-18-9-14-33-22-4-2-1-3-19(22)25(31)28-11-10-27(17-7-12-32-13-8-17)16-20(28)24(30)26-15-23(21)34-18/h1-4,17-18,20-21,23,29H,5-16H2,(H,26,30)/t18-,20-,21-,23+/m0/s1. The lowest BCUT2D eigenvalue weighted by Crippen LogP contribution is -2.63. The molecule has 9 heteroatoms. The number of para-hydroxylation sites is 1. The van der Waals surface area contributed by atoms with Crippen molar-refractivity contribution >= 4 is 11.8 Å². The first-order valence-electron chi connectivity index (χ1n) is 12.6. The topological polar surface area (TPSA) is 101 Å². The summed E-state index contributed by atoms with van der Waals surface area (Å²) in [6.07, 6.45) is 2.77. The third kappa shape index (κ3) is 5.07. The third-order valence-electron chi connectivity index (χ3n) is 7.56. The zero-order chi connectivity index (χ0) is 23.5. The van der Waals surface area contributed by atoms with Crippen molar-refractivity contribution in [2.45, 2.75) is 62.5 Å². The molecule has 5 rings (SSSR count). The highest BCUT2D eigenvalue weighted by molar-refractivity contribution is 6.00. The van der Waals surface area contributed by atoms with E-state index >= 15 is 0 Å². The van der Waals surface area contributed by atoms with E-state index in [1.165, 1.54) is 0 Å². The first-order valence-corrected chi connectivity index (χ1v) is 12.6. The zero-order valence-electron chi connectivity index (χ0n) is 19.6. The van der Waals surface area contributed by atoms with Gasteiger partial charge >= 0.3 is 0 Å². The van der Waals surface area contributed by atoms with Gasteiger partial charge in [-0.05, 0) is 37.8 Å². The van der Waals surface area contributed by atoms with Crippen molar-refractivity contribution in [3.8, 4) is 5.75 Å². The monoisotopic (exact) mass is 473 g/mol. The maximum atomic E-state index is 13.7. The molecule has 2 bridgehead atoms. The van der Waals surface area contributed by atoms with Gasteiger partial charge < -0.3 is 29.5 Å². The number of hydrogen-bond donors (Lipinski definition) is 2. The normalized spacial score (nSPS) is 32.1. The number of nitrogens with one attached hydrogen (secondary N) is 1. The molecule has 1 aromatic rings. The van der Waals surface area contributed by atoms with Gasteiger partial charge in [-0.1, -0.05) is 12.1 Å². The van der Waals surface area contributed by atoms with Crippen LogP contribution in [0.5, 0.6) is 5.75 Å². The number of aliphatic hydroxyl groups excluding tert-OH is 1. The van der Waals surface area contributed by atoms with E-state index in [-0.39, 0.29) is 24.5 Å². The molecular formula is C25H35N3O6. The SMILES string of the molecule is O=C1NC[C@H]2O[C@H](CCOc3ccccc3C(=O)N3CCN(C4CCOCC4)C[C@@H]13)CC[C@@H]2O. The van der Waals surface area contributed by atoms with Crippen molar-refractivity contribution < 1.29 is 28.9 Å². The molecule has 4 aliphatic rings. The van der Waals surface area contributed by atoms with E-state index in [2.05, 4.69) is 10.2 Å². The lowest BCUT2D eigenvalue weighted by Gasteiger charge is -2.45. The molecule has 2 amide bonds. The lowest BCUT2D eigenvalue weighted by molar-refractivity contribution is -0.136. The minimum atomic E-state index is -0.628. The molecule has 0 radical (unpaired) electrons. The second kappa shape index (κ2) is 10.6. The predicted molar refractivity (Wildman–Crippen MR) is 124 cm³/mol. The number of ether oxygens (including phenoxy) is 3. The molecule has 186 valence electrons. The molecule has 4 aliphatic heterocycles. The molecule has 0 saturated carbocycles. The summed E-state index contributed by atoms with van der Waals surface area (Å²) in [7, 11) is 0. The summed E-state index contributed by atoms with van der Waals surface area (Å²) in [5, 5.41) is 13.4. The summed E-state index contributed by atoms with van der Waals surface area (Å²) in [4.78, 5) is 31.1. The van der Waals surface area contributed by atoms with Crippen LogP contribution in [0.3, 0.4) is 0 Å². The van der Waals surface area contributed by atoms with Gasteiger partial charge in [0.15, 0.2) is 0 Å². The van der Waals surface area contributed by atoms with Gasteiger partial charge in [-0.2, -0.15) is 0 Å². The molecular weight excluding hydrogens is 438 g/mol. The Kier molecular flexibility index (Phi) is 7.34. The molecule has 34 heavy (non-hydrogen) atoms. The maximum Gasteiger partial charge on any atom is 0.258 e. The first kappa shape index (κ1) is 23.5. The van der Waals surface area contributed by atoms with E-state index in [1.807, 2.05) is 12.1 Å². The molecule has 4 heterocycles. The highest BCUT2D eigenvalue weighted by Gasteiger charge is 2.40. The van der Waals surface area contributed by atoms with Crippen molar-refractivity contribution in [3.63, 3.8) is 0 Å². The highest BCUT2D eigenvalue weighted by atomic mass is 16.5. The van der Waals surface area contributed by atoms with Crippen LogP contribution in [0, 0.1) is 0 Å². The number of nitrogens with zero attached hydrogens (tertiary/aromatic N) is 2. The summed E-state index contributed by atoms with van der Waals surface area (Å²) in [5.74, 6) is 0.136. The molecule has 3 saturated heterocycles. The van der Waals surface area contributed by atoms with Crippen LogP contribution >= 0.6 is 0 Å². The Morgan fingerprint density at radius 3 is 2.65 bits per heavy atom. The molecule has 4 atom stereocenters. The van der Waals surface area contributed by atoms with E-state index < -0.39 is 18.2 Å². The molecule has 0 aliphatic carbocycles. The van der Waals surface area contributed by atoms with E-state index in [4.69, 9.17) is 14.2 Å². The average Bonchev–Trinajstić information content (AvgIpc) is 2.88. The van der Waals surface area contributed by atoms with Crippen LogP contribution in [0.15, 0.2) is 24.3 Å². The summed E-state index contributed by atoms with van der Waals surface area (Å²) >= 11 is 0. The van der Waals surface area contributed by atoms with Gasteiger partial charge in [0, 0.05) is 51.9 Å². The Morgan fingerprint density at radius 2 is 1.79 bits per heavy atom. The minimum Gasteiger partial charge on any atom is -0.493 e. The molecule has 0 unspecified atom stereocenters. The van der Waals surface area contributed by atoms with Crippen molar-refractivity contribution in [3.05, 3.63) is 29.8 Å². The van der Waals surface area contributed by atoms with Crippen LogP contribution in [-0.4, -0.2) is 103 Å². The Bertz CT molecular complexity index is 876. The number of benzene rings is 1. The number of amides is 2. The molecule has 2 N–H and O–H groups in total. The van der Waals surface area contributed by atoms with E-state index in [0.29, 0.717) is 49.9 Å². The molecule has 9 nitrogen and oxygen atoms in total. The summed E-state index contributed by atoms with van der Waals surface area (Å²) in [6, 6.07) is 6.98. The van der Waals surface area contributed by atoms with Gasteiger partial charge in [0.05, 0.1) is 24.4 Å². The summed E-state index contributed by atoms with van der Waals surface area (Å²) in [5.41, 5.74) is 0.481. The van der Waals surface area contributed by atoms with Crippen molar-refractivity contribution in [1.29, 1.82) is 0 Å². The van der Waals surface area contributed by atoms with Gasteiger partial charge in [0.25, 0.3) is 5.91 Å². The highest BCUT2D eigenvalue weighted by Crippen LogP contribution is 2.27. The van der Waals surface area contributed by atoms with Crippen LogP contribution in [0.1, 0.15) is 42.5 Å². The largest absolute Gasteiger partial charge is 0.493 e. The first-order chi connectivity index (χ1) is 16.6. The quantitative estimate of drug-likeness (QED) is 0.622. The zero-order valence-corrected chi connectivity index (χ0v) is 19.6. The number of carbonyl (C=O) groups is 2. The maximum absolute atomic E-state index is 13.7. The Balaban J connectivity index is 1.42. The predicted octanol–water partition coefficient (Wildman–Crippen LogP) is 0.799. The van der Waals surface area contributed by atoms with Gasteiger partial charge in [-0.25, -0.2) is 0 Å². The fraction of sp³-hybridized carbons (Fsp3) is 0.680. The number of hydrogen-bond acceptors (Lipinski definition) is 7. The lowest BCUT2D eigenvalue weighted by atomic mass is 9.98. The van der Waals surface area contributed by atoms with Crippen LogP contribution in [0.25, 0.3) is 0 Å². The molecule has 1 aromatic carbocycles. The van der Waals surface area contributed by atoms with Gasteiger partial charge in [0.1, 0.15) is 17.9 Å². The number of piperazine rings is 1.